The molecule has 2 unspecified atom stereocenters. The van der Waals surface area contributed by atoms with Crippen molar-refractivity contribution in [3.8, 4) is 0 Å². The van der Waals surface area contributed by atoms with Gasteiger partial charge < -0.3 is 19.3 Å². The lowest BCUT2D eigenvalue weighted by atomic mass is 10.2. The van der Waals surface area contributed by atoms with Gasteiger partial charge in [0.25, 0.3) is 0 Å². The second-order valence-electron chi connectivity index (χ2n) is 4.03. The van der Waals surface area contributed by atoms with Crippen molar-refractivity contribution in [2.24, 2.45) is 0 Å². The summed E-state index contributed by atoms with van der Waals surface area (Å²) in [7, 11) is 0. The number of nitrogens with one attached hydrogen (secondary N) is 1. The highest BCUT2D eigenvalue weighted by Gasteiger charge is 2.14. The maximum atomic E-state index is 11.7. The molecule has 2 atom stereocenters. The Hall–Kier alpha value is -1.93. The number of carbonyl (C=O) groups excluding carboxylic acids is 2. The Kier molecular flexibility index (Phi) is 7.41. The normalized spacial score (nSPS) is 13.0. The van der Waals surface area contributed by atoms with Crippen LogP contribution in [0, 0.1) is 0 Å². The quantitative estimate of drug-likeness (QED) is 0.351. The van der Waals surface area contributed by atoms with Crippen LogP contribution in [0.1, 0.15) is 23.7 Å². The fourth-order valence-corrected chi connectivity index (χ4v) is 1.77. The fraction of sp³-hybridized carbons (Fsp3) is 0.385. The number of esters is 1. The highest BCUT2D eigenvalue weighted by molar-refractivity contribution is 7.79. The number of carbonyl (C=O) groups is 2. The van der Waals surface area contributed by atoms with E-state index in [1.165, 1.54) is 6.92 Å². The molecule has 0 aliphatic carbocycles. The first-order chi connectivity index (χ1) is 9.99. The molecule has 0 saturated heterocycles. The highest BCUT2D eigenvalue weighted by Crippen LogP contribution is 2.04. The number of hydrogen-bond acceptors (Lipinski definition) is 6. The summed E-state index contributed by atoms with van der Waals surface area (Å²) >= 11 is -2.13. The average Bonchev–Trinajstić information content (AvgIpc) is 2.44. The van der Waals surface area contributed by atoms with Gasteiger partial charge >= 0.3 is 12.1 Å². The smallest absolute Gasteiger partial charge is 0.410 e. The van der Waals surface area contributed by atoms with Crippen molar-refractivity contribution in [3.63, 3.8) is 0 Å². The van der Waals surface area contributed by atoms with Crippen molar-refractivity contribution in [3.05, 3.63) is 35.9 Å². The van der Waals surface area contributed by atoms with Gasteiger partial charge in [-0.05, 0) is 18.6 Å². The molecule has 0 fully saturated rings. The van der Waals surface area contributed by atoms with Crippen LogP contribution >= 0.6 is 0 Å². The summed E-state index contributed by atoms with van der Waals surface area (Å²) in [6, 6.07) is 8.30. The van der Waals surface area contributed by atoms with E-state index in [9.17, 15) is 18.4 Å². The molecule has 0 saturated carbocycles. The van der Waals surface area contributed by atoms with E-state index in [0.717, 1.165) is 0 Å². The largest absolute Gasteiger partial charge is 0.772 e. The molecule has 0 aromatic heterocycles. The summed E-state index contributed by atoms with van der Waals surface area (Å²) in [5.74, 6) is -0.642. The molecule has 7 nitrogen and oxygen atoms in total. The maximum absolute atomic E-state index is 11.7. The molecule has 8 heteroatoms. The molecule has 1 aromatic rings. The molecule has 1 N–H and O–H groups in total. The van der Waals surface area contributed by atoms with E-state index >= 15 is 0 Å². The predicted molar refractivity (Wildman–Crippen MR) is 74.2 cm³/mol. The van der Waals surface area contributed by atoms with Crippen LogP contribution in [0.25, 0.3) is 0 Å². The zero-order valence-electron chi connectivity index (χ0n) is 11.4. The zero-order valence-corrected chi connectivity index (χ0v) is 12.3. The van der Waals surface area contributed by atoms with E-state index in [1.807, 2.05) is 0 Å². The first kappa shape index (κ1) is 17.1. The van der Waals surface area contributed by atoms with Crippen molar-refractivity contribution >= 4 is 23.1 Å². The summed E-state index contributed by atoms with van der Waals surface area (Å²) in [6.07, 6.45) is -1.55. The van der Waals surface area contributed by atoms with E-state index in [0.29, 0.717) is 5.56 Å². The second kappa shape index (κ2) is 9.09. The molecular weight excluding hydrogens is 298 g/mol. The Morgan fingerprint density at radius 3 is 2.57 bits per heavy atom. The Morgan fingerprint density at radius 2 is 1.95 bits per heavy atom. The summed E-state index contributed by atoms with van der Waals surface area (Å²) in [5, 5.41) is 2.36. The number of rotatable bonds is 7. The third-order valence-electron chi connectivity index (χ3n) is 2.31. The van der Waals surface area contributed by atoms with E-state index in [-0.39, 0.29) is 18.7 Å². The lowest BCUT2D eigenvalue weighted by molar-refractivity contribution is -0.0600. The number of amides is 1. The Bertz CT molecular complexity index is 493. The van der Waals surface area contributed by atoms with Gasteiger partial charge in [-0.3, -0.25) is 4.21 Å². The second-order valence-corrected chi connectivity index (χ2v) is 5.05. The van der Waals surface area contributed by atoms with Gasteiger partial charge in [-0.25, -0.2) is 9.59 Å². The molecule has 1 rings (SSSR count). The van der Waals surface area contributed by atoms with Gasteiger partial charge in [0.1, 0.15) is 0 Å². The fourth-order valence-electron chi connectivity index (χ4n) is 1.39. The molecular formula is C13H16NO6S-. The van der Waals surface area contributed by atoms with Crippen LogP contribution < -0.4 is 5.32 Å². The van der Waals surface area contributed by atoms with Gasteiger partial charge in [0.2, 0.25) is 6.29 Å². The van der Waals surface area contributed by atoms with Crippen molar-refractivity contribution in [1.82, 2.24) is 5.32 Å². The Balaban J connectivity index is 2.26. The summed E-state index contributed by atoms with van der Waals surface area (Å²) in [4.78, 5) is 23.0. The Morgan fingerprint density at radius 1 is 1.29 bits per heavy atom. The van der Waals surface area contributed by atoms with Crippen LogP contribution in [-0.4, -0.2) is 39.4 Å². The summed E-state index contributed by atoms with van der Waals surface area (Å²) < 4.78 is 30.3. The van der Waals surface area contributed by atoms with E-state index < -0.39 is 29.4 Å². The van der Waals surface area contributed by atoms with Crippen molar-refractivity contribution in [2.75, 3.05) is 12.3 Å². The molecule has 1 amide bonds. The minimum atomic E-state index is -2.13. The van der Waals surface area contributed by atoms with Gasteiger partial charge in [0.05, 0.1) is 5.56 Å². The minimum absolute atomic E-state index is 0.0428. The lowest BCUT2D eigenvalue weighted by Crippen LogP contribution is -2.31. The molecule has 0 aliphatic rings. The van der Waals surface area contributed by atoms with E-state index in [1.54, 1.807) is 30.3 Å². The van der Waals surface area contributed by atoms with Crippen LogP contribution in [0.3, 0.4) is 0 Å². The topological polar surface area (TPSA) is 105 Å². The summed E-state index contributed by atoms with van der Waals surface area (Å²) in [5.41, 5.74) is 0.353. The van der Waals surface area contributed by atoms with Crippen LogP contribution in [0.5, 0.6) is 0 Å². The van der Waals surface area contributed by atoms with Crippen molar-refractivity contribution in [2.45, 2.75) is 19.6 Å². The first-order valence-electron chi connectivity index (χ1n) is 6.25. The van der Waals surface area contributed by atoms with Gasteiger partial charge in [-0.2, -0.15) is 0 Å². The molecule has 0 heterocycles. The van der Waals surface area contributed by atoms with Gasteiger partial charge in [-0.15, -0.1) is 0 Å². The molecule has 0 spiro atoms. The van der Waals surface area contributed by atoms with Crippen LogP contribution in [-0.2, 0) is 20.6 Å². The SMILES string of the molecule is CC(OC(=O)NCCCS(=O)[O-])OC(=O)c1ccccc1. The van der Waals surface area contributed by atoms with Crippen LogP contribution in [0.15, 0.2) is 30.3 Å². The molecule has 0 radical (unpaired) electrons. The average molecular weight is 314 g/mol. The minimum Gasteiger partial charge on any atom is -0.772 e. The molecule has 0 aliphatic heterocycles. The molecule has 0 bridgehead atoms. The monoisotopic (exact) mass is 314 g/mol. The van der Waals surface area contributed by atoms with E-state index in [2.05, 4.69) is 5.32 Å². The summed E-state index contributed by atoms with van der Waals surface area (Å²) in [6.45, 7) is 1.57. The van der Waals surface area contributed by atoms with Crippen molar-refractivity contribution in [1.29, 1.82) is 0 Å². The van der Waals surface area contributed by atoms with Gasteiger partial charge in [0.15, 0.2) is 0 Å². The third kappa shape index (κ3) is 7.42. The maximum Gasteiger partial charge on any atom is 0.410 e. The van der Waals surface area contributed by atoms with Crippen molar-refractivity contribution < 1.29 is 27.8 Å². The van der Waals surface area contributed by atoms with Crippen LogP contribution in [0.2, 0.25) is 0 Å². The predicted octanol–water partition coefficient (Wildman–Crippen LogP) is 1.18. The zero-order chi connectivity index (χ0) is 15.7. The van der Waals surface area contributed by atoms with Gasteiger partial charge in [-0.1, -0.05) is 29.3 Å². The molecule has 116 valence electrons. The molecule has 21 heavy (non-hydrogen) atoms. The van der Waals surface area contributed by atoms with Crippen LogP contribution in [0.4, 0.5) is 4.79 Å². The number of benzene rings is 1. The van der Waals surface area contributed by atoms with Gasteiger partial charge in [0, 0.05) is 19.2 Å². The standard InChI is InChI=1S/C13H17NO6S/c1-10(19-12(15)11-6-3-2-4-7-11)20-13(16)14-8-5-9-21(17)18/h2-4,6-7,10H,5,8-9H2,1H3,(H,14,16)(H,17,18)/p-1. The third-order valence-corrected chi connectivity index (χ3v) is 2.93. The first-order valence-corrected chi connectivity index (χ1v) is 7.50. The number of hydrogen-bond donors (Lipinski definition) is 1. The Labute approximate surface area is 124 Å². The lowest BCUT2D eigenvalue weighted by Gasteiger charge is -2.14. The van der Waals surface area contributed by atoms with E-state index in [4.69, 9.17) is 9.47 Å². The number of ether oxygens (including phenoxy) is 2. The molecule has 1 aromatic carbocycles. The number of alkyl carbamates (subject to hydrolysis) is 1. The highest BCUT2D eigenvalue weighted by atomic mass is 32.2.